The maximum Gasteiger partial charge on any atom is 0.234 e. The Morgan fingerprint density at radius 2 is 1.93 bits per heavy atom. The van der Waals surface area contributed by atoms with Gasteiger partial charge >= 0.3 is 0 Å². The lowest BCUT2D eigenvalue weighted by molar-refractivity contribution is -0.113. The van der Waals surface area contributed by atoms with Crippen LogP contribution in [0.4, 0.5) is 5.69 Å². The minimum absolute atomic E-state index is 0.110. The van der Waals surface area contributed by atoms with Crippen molar-refractivity contribution < 1.29 is 4.79 Å². The first-order valence-electron chi connectivity index (χ1n) is 9.19. The number of hydrogen-bond donors (Lipinski definition) is 1. The fourth-order valence-electron chi connectivity index (χ4n) is 2.80. The molecule has 0 spiro atoms. The normalized spacial score (nSPS) is 11.0. The van der Waals surface area contributed by atoms with Crippen LogP contribution >= 0.6 is 23.4 Å². The molecule has 0 saturated heterocycles. The second-order valence-electron chi connectivity index (χ2n) is 6.67. The molecule has 3 aromatic rings. The first kappa shape index (κ1) is 20.4. The molecule has 0 atom stereocenters. The summed E-state index contributed by atoms with van der Waals surface area (Å²) >= 11 is 7.32. The average molecular weight is 415 g/mol. The number of benzene rings is 2. The summed E-state index contributed by atoms with van der Waals surface area (Å²) in [4.78, 5) is 12.2. The maximum absolute atomic E-state index is 12.2. The summed E-state index contributed by atoms with van der Waals surface area (Å²) in [7, 11) is 0. The topological polar surface area (TPSA) is 59.8 Å². The molecule has 0 bridgehead atoms. The fourth-order valence-corrected chi connectivity index (χ4v) is 3.80. The van der Waals surface area contributed by atoms with Crippen LogP contribution in [0.15, 0.2) is 53.7 Å². The summed E-state index contributed by atoms with van der Waals surface area (Å²) in [6.45, 7) is 7.12. The Labute approximate surface area is 174 Å². The molecule has 0 saturated carbocycles. The van der Waals surface area contributed by atoms with Crippen LogP contribution in [0.5, 0.6) is 0 Å². The molecule has 146 valence electrons. The van der Waals surface area contributed by atoms with Gasteiger partial charge in [-0.15, -0.1) is 10.2 Å². The van der Waals surface area contributed by atoms with E-state index in [1.165, 1.54) is 17.3 Å². The van der Waals surface area contributed by atoms with Crippen LogP contribution in [0.2, 0.25) is 5.02 Å². The van der Waals surface area contributed by atoms with Crippen molar-refractivity contribution in [2.75, 3.05) is 11.1 Å². The monoisotopic (exact) mass is 414 g/mol. The zero-order chi connectivity index (χ0) is 20.1. The number of anilines is 1. The summed E-state index contributed by atoms with van der Waals surface area (Å²) in [6.07, 6.45) is 0. The van der Waals surface area contributed by atoms with E-state index in [0.717, 1.165) is 23.1 Å². The van der Waals surface area contributed by atoms with E-state index in [4.69, 9.17) is 11.6 Å². The Morgan fingerprint density at radius 3 is 2.57 bits per heavy atom. The number of halogens is 1. The molecule has 3 rings (SSSR count). The summed E-state index contributed by atoms with van der Waals surface area (Å²) in [5.74, 6) is 1.44. The second-order valence-corrected chi connectivity index (χ2v) is 8.05. The Balaban J connectivity index is 1.69. The Bertz CT molecular complexity index is 953. The standard InChI is InChI=1S/C21H23ClN4OS/c1-4-26-20(16-10-8-15(9-11-16)14(2)3)24-25-21(26)28-13-19(27)23-18-7-5-6-17(22)12-18/h5-12,14H,4,13H2,1-3H3,(H,23,27). The molecular formula is C21H23ClN4OS. The van der Waals surface area contributed by atoms with Gasteiger partial charge in [-0.25, -0.2) is 0 Å². The largest absolute Gasteiger partial charge is 0.325 e. The lowest BCUT2D eigenvalue weighted by Crippen LogP contribution is -2.14. The minimum atomic E-state index is -0.110. The van der Waals surface area contributed by atoms with Crippen LogP contribution in [-0.2, 0) is 11.3 Å². The zero-order valence-corrected chi connectivity index (χ0v) is 17.7. The minimum Gasteiger partial charge on any atom is -0.325 e. The van der Waals surface area contributed by atoms with Crippen LogP contribution in [0, 0.1) is 0 Å². The molecule has 5 nitrogen and oxygen atoms in total. The van der Waals surface area contributed by atoms with Gasteiger partial charge in [0.1, 0.15) is 0 Å². The molecule has 0 aliphatic carbocycles. The van der Waals surface area contributed by atoms with E-state index >= 15 is 0 Å². The Kier molecular flexibility index (Phi) is 6.75. The first-order chi connectivity index (χ1) is 13.5. The van der Waals surface area contributed by atoms with Crippen LogP contribution < -0.4 is 5.32 Å². The van der Waals surface area contributed by atoms with Crippen LogP contribution in [-0.4, -0.2) is 26.4 Å². The number of rotatable bonds is 7. The number of carbonyl (C=O) groups is 1. The van der Waals surface area contributed by atoms with Crippen molar-refractivity contribution in [2.24, 2.45) is 0 Å². The van der Waals surface area contributed by atoms with E-state index in [1.54, 1.807) is 18.2 Å². The van der Waals surface area contributed by atoms with Crippen LogP contribution in [0.3, 0.4) is 0 Å². The van der Waals surface area contributed by atoms with Gasteiger partial charge in [0.2, 0.25) is 5.91 Å². The van der Waals surface area contributed by atoms with E-state index in [-0.39, 0.29) is 11.7 Å². The molecule has 2 aromatic carbocycles. The molecule has 0 fully saturated rings. The van der Waals surface area contributed by atoms with E-state index in [0.29, 0.717) is 16.6 Å². The smallest absolute Gasteiger partial charge is 0.234 e. The highest BCUT2D eigenvalue weighted by Gasteiger charge is 2.15. The predicted molar refractivity (Wildman–Crippen MR) is 116 cm³/mol. The Morgan fingerprint density at radius 1 is 1.18 bits per heavy atom. The van der Waals surface area contributed by atoms with Crippen molar-refractivity contribution in [1.29, 1.82) is 0 Å². The van der Waals surface area contributed by atoms with Gasteiger partial charge in [0.15, 0.2) is 11.0 Å². The SMILES string of the molecule is CCn1c(SCC(=O)Nc2cccc(Cl)c2)nnc1-c1ccc(C(C)C)cc1. The van der Waals surface area contributed by atoms with E-state index < -0.39 is 0 Å². The number of nitrogens with zero attached hydrogens (tertiary/aromatic N) is 3. The van der Waals surface area contributed by atoms with E-state index in [2.05, 4.69) is 53.6 Å². The number of aromatic nitrogens is 3. The zero-order valence-electron chi connectivity index (χ0n) is 16.1. The van der Waals surface area contributed by atoms with Gasteiger partial charge in [-0.05, 0) is 36.6 Å². The van der Waals surface area contributed by atoms with Crippen molar-refractivity contribution in [1.82, 2.24) is 14.8 Å². The molecule has 1 heterocycles. The third kappa shape index (κ3) is 4.94. The Hall–Kier alpha value is -2.31. The molecule has 0 unspecified atom stereocenters. The van der Waals surface area contributed by atoms with Crippen molar-refractivity contribution in [3.63, 3.8) is 0 Å². The third-order valence-corrected chi connectivity index (χ3v) is 5.51. The van der Waals surface area contributed by atoms with Crippen molar-refractivity contribution in [2.45, 2.75) is 38.4 Å². The number of carbonyl (C=O) groups excluding carboxylic acids is 1. The highest BCUT2D eigenvalue weighted by Crippen LogP contribution is 2.26. The van der Waals surface area contributed by atoms with Gasteiger partial charge in [0.25, 0.3) is 0 Å². The third-order valence-electron chi connectivity index (χ3n) is 4.31. The molecule has 0 radical (unpaired) electrons. The van der Waals surface area contributed by atoms with Gasteiger partial charge in [0, 0.05) is 22.8 Å². The van der Waals surface area contributed by atoms with Gasteiger partial charge in [-0.2, -0.15) is 0 Å². The van der Waals surface area contributed by atoms with Crippen LogP contribution in [0.1, 0.15) is 32.3 Å². The van der Waals surface area contributed by atoms with Crippen molar-refractivity contribution >= 4 is 35.0 Å². The number of hydrogen-bond acceptors (Lipinski definition) is 4. The number of thioether (sulfide) groups is 1. The average Bonchev–Trinajstić information content (AvgIpc) is 3.09. The summed E-state index contributed by atoms with van der Waals surface area (Å²) in [5, 5.41) is 12.8. The molecule has 28 heavy (non-hydrogen) atoms. The molecular weight excluding hydrogens is 392 g/mol. The van der Waals surface area contributed by atoms with Crippen molar-refractivity contribution in [3.05, 3.63) is 59.1 Å². The second kappa shape index (κ2) is 9.26. The molecule has 1 aromatic heterocycles. The maximum atomic E-state index is 12.2. The predicted octanol–water partition coefficient (Wildman–Crippen LogP) is 5.47. The van der Waals surface area contributed by atoms with Crippen LogP contribution in [0.25, 0.3) is 11.4 Å². The first-order valence-corrected chi connectivity index (χ1v) is 10.6. The summed E-state index contributed by atoms with van der Waals surface area (Å²) in [5.41, 5.74) is 2.99. The lowest BCUT2D eigenvalue weighted by Gasteiger charge is -2.09. The molecule has 0 aliphatic heterocycles. The summed E-state index contributed by atoms with van der Waals surface area (Å²) < 4.78 is 2.03. The van der Waals surface area contributed by atoms with Gasteiger partial charge in [-0.3, -0.25) is 4.79 Å². The quantitative estimate of drug-likeness (QED) is 0.520. The summed E-state index contributed by atoms with van der Waals surface area (Å²) in [6, 6.07) is 15.5. The van der Waals surface area contributed by atoms with Gasteiger partial charge in [0.05, 0.1) is 5.75 Å². The lowest BCUT2D eigenvalue weighted by atomic mass is 10.0. The van der Waals surface area contributed by atoms with Gasteiger partial charge < -0.3 is 9.88 Å². The van der Waals surface area contributed by atoms with Crippen molar-refractivity contribution in [3.8, 4) is 11.4 Å². The van der Waals surface area contributed by atoms with E-state index in [9.17, 15) is 4.79 Å². The van der Waals surface area contributed by atoms with E-state index in [1.807, 2.05) is 17.6 Å². The number of nitrogens with one attached hydrogen (secondary N) is 1. The highest BCUT2D eigenvalue weighted by atomic mass is 35.5. The molecule has 1 amide bonds. The number of amides is 1. The molecule has 7 heteroatoms. The highest BCUT2D eigenvalue weighted by molar-refractivity contribution is 7.99. The molecule has 0 aliphatic rings. The van der Waals surface area contributed by atoms with Gasteiger partial charge in [-0.1, -0.05) is 67.5 Å². The molecule has 1 N–H and O–H groups in total. The fraction of sp³-hybridized carbons (Fsp3) is 0.286.